The van der Waals surface area contributed by atoms with Crippen LogP contribution in [0.1, 0.15) is 24.8 Å². The summed E-state index contributed by atoms with van der Waals surface area (Å²) in [6.45, 7) is 5.22. The molecule has 1 aromatic rings. The minimum absolute atomic E-state index is 0.113. The highest BCUT2D eigenvalue weighted by molar-refractivity contribution is 6.04. The molecule has 3 heterocycles. The number of ether oxygens (including phenoxy) is 3. The second-order valence-corrected chi connectivity index (χ2v) is 7.81. The average molecular weight is 432 g/mol. The molecule has 1 atom stereocenters. The fraction of sp³-hybridized carbons (Fsp3) is 0.571. The van der Waals surface area contributed by atoms with Crippen LogP contribution >= 0.6 is 0 Å². The number of morpholine rings is 1. The lowest BCUT2D eigenvalue weighted by Gasteiger charge is -2.26. The summed E-state index contributed by atoms with van der Waals surface area (Å²) in [4.78, 5) is 40.5. The van der Waals surface area contributed by atoms with E-state index in [4.69, 9.17) is 14.2 Å². The van der Waals surface area contributed by atoms with E-state index in [-0.39, 0.29) is 38.0 Å². The predicted octanol–water partition coefficient (Wildman–Crippen LogP) is 0.454. The Labute approximate surface area is 180 Å². The lowest BCUT2D eigenvalue weighted by molar-refractivity contribution is -0.128. The third kappa shape index (κ3) is 5.45. The third-order valence-corrected chi connectivity index (χ3v) is 5.62. The summed E-state index contributed by atoms with van der Waals surface area (Å²) in [5.74, 6) is 0.821. The molecule has 10 nitrogen and oxygen atoms in total. The number of nitrogens with one attached hydrogen (secondary N) is 2. The summed E-state index contributed by atoms with van der Waals surface area (Å²) in [5, 5.41) is 5.56. The van der Waals surface area contributed by atoms with Crippen LogP contribution in [0.25, 0.3) is 0 Å². The Kier molecular flexibility index (Phi) is 6.88. The summed E-state index contributed by atoms with van der Waals surface area (Å²) in [5.41, 5.74) is 0.770. The van der Waals surface area contributed by atoms with E-state index in [2.05, 4.69) is 15.5 Å². The quantitative estimate of drug-likeness (QED) is 0.431. The van der Waals surface area contributed by atoms with Crippen molar-refractivity contribution < 1.29 is 28.6 Å². The molecule has 0 bridgehead atoms. The van der Waals surface area contributed by atoms with Crippen molar-refractivity contribution in [2.45, 2.75) is 31.8 Å². The fourth-order valence-corrected chi connectivity index (χ4v) is 3.86. The van der Waals surface area contributed by atoms with Crippen LogP contribution in [0.3, 0.4) is 0 Å². The van der Waals surface area contributed by atoms with Gasteiger partial charge in [-0.2, -0.15) is 0 Å². The molecule has 3 aliphatic heterocycles. The maximum Gasteiger partial charge on any atom is 0.325 e. The molecule has 1 aromatic carbocycles. The topological polar surface area (TPSA) is 109 Å². The first-order valence-electron chi connectivity index (χ1n) is 10.7. The van der Waals surface area contributed by atoms with E-state index in [1.807, 2.05) is 0 Å². The summed E-state index contributed by atoms with van der Waals surface area (Å²) < 4.78 is 15.9. The molecule has 168 valence electrons. The molecular weight excluding hydrogens is 404 g/mol. The van der Waals surface area contributed by atoms with E-state index in [9.17, 15) is 14.4 Å². The average Bonchev–Trinajstić information content (AvgIpc) is 3.35. The van der Waals surface area contributed by atoms with Gasteiger partial charge in [0.25, 0.3) is 5.91 Å². The van der Waals surface area contributed by atoms with Gasteiger partial charge in [0.05, 0.1) is 19.8 Å². The van der Waals surface area contributed by atoms with Gasteiger partial charge < -0.3 is 24.8 Å². The Morgan fingerprint density at radius 2 is 1.97 bits per heavy atom. The van der Waals surface area contributed by atoms with Gasteiger partial charge >= 0.3 is 6.03 Å². The smallest absolute Gasteiger partial charge is 0.325 e. The number of carbonyl (C=O) groups is 3. The molecule has 0 aliphatic carbocycles. The van der Waals surface area contributed by atoms with Crippen molar-refractivity contribution in [3.63, 3.8) is 0 Å². The van der Waals surface area contributed by atoms with Crippen LogP contribution in [0.5, 0.6) is 11.5 Å². The van der Waals surface area contributed by atoms with Crippen molar-refractivity contribution in [2.75, 3.05) is 46.2 Å². The molecule has 3 aliphatic rings. The molecular formula is C21H28N4O6. The molecule has 4 amide bonds. The second kappa shape index (κ2) is 9.97. The van der Waals surface area contributed by atoms with Gasteiger partial charge in [0.15, 0.2) is 11.5 Å². The van der Waals surface area contributed by atoms with Crippen molar-refractivity contribution in [3.05, 3.63) is 23.8 Å². The largest absolute Gasteiger partial charge is 0.454 e. The second-order valence-electron chi connectivity index (χ2n) is 7.81. The van der Waals surface area contributed by atoms with Crippen LogP contribution in [0.15, 0.2) is 18.2 Å². The number of hydrogen-bond donors (Lipinski definition) is 2. The minimum atomic E-state index is -0.680. The predicted molar refractivity (Wildman–Crippen MR) is 110 cm³/mol. The molecule has 1 unspecified atom stereocenters. The van der Waals surface area contributed by atoms with E-state index in [1.165, 1.54) is 4.90 Å². The van der Waals surface area contributed by atoms with Crippen LogP contribution in [-0.2, 0) is 20.9 Å². The van der Waals surface area contributed by atoms with Gasteiger partial charge in [0.1, 0.15) is 6.04 Å². The first-order chi connectivity index (χ1) is 15.1. The van der Waals surface area contributed by atoms with Crippen LogP contribution in [0.4, 0.5) is 4.79 Å². The van der Waals surface area contributed by atoms with Gasteiger partial charge in [-0.3, -0.25) is 19.4 Å². The number of imide groups is 1. The van der Waals surface area contributed by atoms with Crippen molar-refractivity contribution in [3.8, 4) is 11.5 Å². The number of nitrogens with zero attached hydrogens (tertiary/aromatic N) is 2. The Morgan fingerprint density at radius 1 is 1.16 bits per heavy atom. The zero-order valence-electron chi connectivity index (χ0n) is 17.4. The monoisotopic (exact) mass is 432 g/mol. The van der Waals surface area contributed by atoms with E-state index < -0.39 is 12.1 Å². The summed E-state index contributed by atoms with van der Waals surface area (Å²) in [6, 6.07) is 4.20. The van der Waals surface area contributed by atoms with Gasteiger partial charge in [-0.05, 0) is 37.1 Å². The Balaban J connectivity index is 1.17. The maximum absolute atomic E-state index is 12.6. The Morgan fingerprint density at radius 3 is 2.81 bits per heavy atom. The highest BCUT2D eigenvalue weighted by atomic mass is 16.7. The highest BCUT2D eigenvalue weighted by Gasteiger charge is 2.38. The maximum atomic E-state index is 12.6. The molecule has 0 aromatic heterocycles. The van der Waals surface area contributed by atoms with Crippen LogP contribution < -0.4 is 20.1 Å². The minimum Gasteiger partial charge on any atom is -0.454 e. The van der Waals surface area contributed by atoms with E-state index in [0.29, 0.717) is 18.0 Å². The summed E-state index contributed by atoms with van der Waals surface area (Å²) in [7, 11) is 0. The Hall–Kier alpha value is -2.85. The zero-order chi connectivity index (χ0) is 21.6. The van der Waals surface area contributed by atoms with Gasteiger partial charge in [0.2, 0.25) is 12.7 Å². The SMILES string of the molecule is O=C(CCC1NC(=O)N(Cc2ccc3c(c2)OCO3)C1=O)NCCCN1CCOCC1. The summed E-state index contributed by atoms with van der Waals surface area (Å²) in [6.07, 6.45) is 1.33. The number of urea groups is 1. The van der Waals surface area contributed by atoms with Gasteiger partial charge in [-0.1, -0.05) is 6.07 Å². The molecule has 31 heavy (non-hydrogen) atoms. The van der Waals surface area contributed by atoms with E-state index >= 15 is 0 Å². The number of fused-ring (bicyclic) bond motifs is 1. The number of hydrogen-bond acceptors (Lipinski definition) is 7. The zero-order valence-corrected chi connectivity index (χ0v) is 17.4. The number of carbonyl (C=O) groups excluding carboxylic acids is 3. The number of benzene rings is 1. The highest BCUT2D eigenvalue weighted by Crippen LogP contribution is 2.33. The summed E-state index contributed by atoms with van der Waals surface area (Å²) >= 11 is 0. The van der Waals surface area contributed by atoms with E-state index in [0.717, 1.165) is 44.8 Å². The first kappa shape index (κ1) is 21.4. The van der Waals surface area contributed by atoms with Gasteiger partial charge in [0, 0.05) is 26.1 Å². The number of rotatable bonds is 9. The van der Waals surface area contributed by atoms with Crippen molar-refractivity contribution in [1.82, 2.24) is 20.4 Å². The normalized spacial score (nSPS) is 20.8. The lowest BCUT2D eigenvalue weighted by atomic mass is 10.1. The molecule has 10 heteroatoms. The first-order valence-corrected chi connectivity index (χ1v) is 10.7. The molecule has 0 spiro atoms. The molecule has 2 saturated heterocycles. The van der Waals surface area contributed by atoms with Crippen molar-refractivity contribution in [2.24, 2.45) is 0 Å². The third-order valence-electron chi connectivity index (χ3n) is 5.62. The van der Waals surface area contributed by atoms with Crippen molar-refractivity contribution in [1.29, 1.82) is 0 Å². The van der Waals surface area contributed by atoms with Crippen LogP contribution in [0, 0.1) is 0 Å². The van der Waals surface area contributed by atoms with Crippen LogP contribution in [0.2, 0.25) is 0 Å². The van der Waals surface area contributed by atoms with E-state index in [1.54, 1.807) is 18.2 Å². The van der Waals surface area contributed by atoms with Gasteiger partial charge in [-0.25, -0.2) is 4.79 Å². The van der Waals surface area contributed by atoms with Crippen molar-refractivity contribution >= 4 is 17.8 Å². The van der Waals surface area contributed by atoms with Gasteiger partial charge in [-0.15, -0.1) is 0 Å². The Bertz CT molecular complexity index is 826. The fourth-order valence-electron chi connectivity index (χ4n) is 3.86. The molecule has 2 fully saturated rings. The lowest BCUT2D eigenvalue weighted by Crippen LogP contribution is -2.38. The molecule has 2 N–H and O–H groups in total. The molecule has 4 rings (SSSR count). The number of amides is 4. The molecule has 0 radical (unpaired) electrons. The standard InChI is InChI=1S/C21H28N4O6/c26-19(22-6-1-7-24-8-10-29-11-9-24)5-3-16-20(27)25(21(28)23-16)13-15-2-4-17-18(12-15)31-14-30-17/h2,4,12,16H,1,3,5-11,13-14H2,(H,22,26)(H,23,28). The molecule has 0 saturated carbocycles. The van der Waals surface area contributed by atoms with Crippen LogP contribution in [-0.4, -0.2) is 79.9 Å².